The normalized spacial score (nSPS) is 22.6. The Morgan fingerprint density at radius 3 is 2.51 bits per heavy atom. The number of aliphatic hydroxyl groups excluding tert-OH is 1. The Morgan fingerprint density at radius 1 is 0.971 bits per heavy atom. The molecule has 0 aliphatic heterocycles. The zero-order chi connectivity index (χ0) is 24.2. The summed E-state index contributed by atoms with van der Waals surface area (Å²) in [4.78, 5) is 13.0. The molecule has 5 heteroatoms. The second-order valence-electron chi connectivity index (χ2n) is 10.4. The highest BCUT2D eigenvalue weighted by Gasteiger charge is 2.20. The second-order valence-corrected chi connectivity index (χ2v) is 10.4. The second kappa shape index (κ2) is 10.9. The minimum Gasteiger partial charge on any atom is -0.368 e. The third-order valence-corrected chi connectivity index (χ3v) is 7.90. The third-order valence-electron chi connectivity index (χ3n) is 7.90. The Kier molecular flexibility index (Phi) is 7.45. The number of pyridine rings is 1. The van der Waals surface area contributed by atoms with Gasteiger partial charge in [0.15, 0.2) is 6.29 Å². The average Bonchev–Trinajstić information content (AvgIpc) is 3.29. The lowest BCUT2D eigenvalue weighted by Crippen LogP contribution is -2.28. The third kappa shape index (κ3) is 5.74. The number of nitrogens with zero attached hydrogens (tertiary/aromatic N) is 2. The molecule has 0 spiro atoms. The number of imidazole rings is 1. The quantitative estimate of drug-likeness (QED) is 0.447. The van der Waals surface area contributed by atoms with Crippen molar-refractivity contribution in [2.45, 2.75) is 76.9 Å². The molecule has 0 bridgehead atoms. The van der Waals surface area contributed by atoms with Crippen molar-refractivity contribution in [3.63, 3.8) is 0 Å². The van der Waals surface area contributed by atoms with E-state index in [9.17, 15) is 10.2 Å². The van der Waals surface area contributed by atoms with Crippen molar-refractivity contribution in [3.05, 3.63) is 58.9 Å². The van der Waals surface area contributed by atoms with Gasteiger partial charge in [0.2, 0.25) is 0 Å². The molecule has 3 unspecified atom stereocenters. The van der Waals surface area contributed by atoms with E-state index in [2.05, 4.69) is 60.5 Å². The highest BCUT2D eigenvalue weighted by Crippen LogP contribution is 2.35. The summed E-state index contributed by atoms with van der Waals surface area (Å²) >= 11 is 0. The molecule has 0 saturated heterocycles. The van der Waals surface area contributed by atoms with E-state index in [-0.39, 0.29) is 0 Å². The molecule has 3 atom stereocenters. The molecule has 2 aliphatic rings. The van der Waals surface area contributed by atoms with Gasteiger partial charge in [0.1, 0.15) is 5.82 Å². The van der Waals surface area contributed by atoms with Crippen LogP contribution in [0.4, 0.5) is 0 Å². The van der Waals surface area contributed by atoms with Crippen molar-refractivity contribution in [1.82, 2.24) is 15.0 Å². The van der Waals surface area contributed by atoms with E-state index >= 15 is 0 Å². The Hall–Kier alpha value is -2.76. The van der Waals surface area contributed by atoms with Crippen molar-refractivity contribution >= 4 is 12.2 Å². The van der Waals surface area contributed by atoms with E-state index in [0.29, 0.717) is 24.2 Å². The number of hydrogen-bond acceptors (Lipinski definition) is 4. The van der Waals surface area contributed by atoms with Gasteiger partial charge < -0.3 is 15.2 Å². The maximum Gasteiger partial charge on any atom is 0.151 e. The summed E-state index contributed by atoms with van der Waals surface area (Å²) in [7, 11) is 0. The Labute approximate surface area is 207 Å². The van der Waals surface area contributed by atoms with E-state index in [4.69, 9.17) is 9.97 Å². The van der Waals surface area contributed by atoms with Crippen molar-refractivity contribution in [3.8, 4) is 22.6 Å². The molecule has 184 valence electrons. The lowest BCUT2D eigenvalue weighted by atomic mass is 9.81. The maximum atomic E-state index is 9.37. The summed E-state index contributed by atoms with van der Waals surface area (Å²) in [6.45, 7) is 2.23. The van der Waals surface area contributed by atoms with Crippen LogP contribution in [-0.4, -0.2) is 31.5 Å². The van der Waals surface area contributed by atoms with Crippen molar-refractivity contribution in [2.24, 2.45) is 11.8 Å². The SMILES string of the molecule is CCC1C=c2[nH]c(-c3ccc(-c4ccc(C5CCCCC(CC(O)O)CC5)cc4)nc3)nc2=CC1. The first-order valence-electron chi connectivity index (χ1n) is 13.3. The highest BCUT2D eigenvalue weighted by molar-refractivity contribution is 5.63. The van der Waals surface area contributed by atoms with Gasteiger partial charge in [-0.1, -0.05) is 62.6 Å². The van der Waals surface area contributed by atoms with Gasteiger partial charge in [-0.05, 0) is 67.6 Å². The molecule has 2 aromatic heterocycles. The molecular weight excluding hydrogens is 434 g/mol. The zero-order valence-electron chi connectivity index (χ0n) is 20.7. The van der Waals surface area contributed by atoms with Gasteiger partial charge in [0.05, 0.1) is 16.4 Å². The highest BCUT2D eigenvalue weighted by atomic mass is 16.5. The standard InChI is InChI=1S/C30H37N3O2/c1-2-20-8-15-27-28(17-20)33-30(32-27)25-14-16-26(31-19-25)24-12-10-23(11-13-24)22-6-4-3-5-21(7-9-22)18-29(34)35/h10-17,19-22,29,34-35H,2-9,18H2,1H3,(H,32,33). The lowest BCUT2D eigenvalue weighted by molar-refractivity contribution is -0.0580. The largest absolute Gasteiger partial charge is 0.368 e. The van der Waals surface area contributed by atoms with Crippen LogP contribution in [0.2, 0.25) is 0 Å². The minimum absolute atomic E-state index is 0.420. The molecule has 1 aromatic carbocycles. The predicted molar refractivity (Wildman–Crippen MR) is 141 cm³/mol. The van der Waals surface area contributed by atoms with Crippen LogP contribution in [0.3, 0.4) is 0 Å². The van der Waals surface area contributed by atoms with E-state index in [1.807, 2.05) is 6.20 Å². The molecule has 0 radical (unpaired) electrons. The average molecular weight is 472 g/mol. The fourth-order valence-corrected chi connectivity index (χ4v) is 5.72. The number of nitrogens with one attached hydrogen (secondary N) is 1. The predicted octanol–water partition coefficient (Wildman–Crippen LogP) is 4.88. The number of H-pyrrole nitrogens is 1. The van der Waals surface area contributed by atoms with Crippen LogP contribution in [0, 0.1) is 11.8 Å². The van der Waals surface area contributed by atoms with E-state index in [0.717, 1.165) is 65.4 Å². The first-order valence-corrected chi connectivity index (χ1v) is 13.3. The minimum atomic E-state index is -1.18. The Balaban J connectivity index is 1.27. The van der Waals surface area contributed by atoms with Gasteiger partial charge in [-0.15, -0.1) is 0 Å². The smallest absolute Gasteiger partial charge is 0.151 e. The molecule has 3 N–H and O–H groups in total. The number of benzene rings is 1. The molecule has 3 aromatic rings. The van der Waals surface area contributed by atoms with Gasteiger partial charge in [-0.2, -0.15) is 0 Å². The Bertz CT molecular complexity index is 1230. The first-order chi connectivity index (χ1) is 17.1. The Morgan fingerprint density at radius 2 is 1.77 bits per heavy atom. The molecule has 2 aliphatic carbocycles. The number of aliphatic hydroxyl groups is 2. The summed E-state index contributed by atoms with van der Waals surface area (Å²) in [5.41, 5.74) is 4.48. The van der Waals surface area contributed by atoms with Crippen molar-refractivity contribution in [2.75, 3.05) is 0 Å². The summed E-state index contributed by atoms with van der Waals surface area (Å²) in [5, 5.41) is 20.9. The van der Waals surface area contributed by atoms with Crippen molar-refractivity contribution in [1.29, 1.82) is 0 Å². The number of hydrogen-bond donors (Lipinski definition) is 3. The van der Waals surface area contributed by atoms with Crippen LogP contribution >= 0.6 is 0 Å². The van der Waals surface area contributed by atoms with Crippen LogP contribution in [0.5, 0.6) is 0 Å². The van der Waals surface area contributed by atoms with E-state index in [1.54, 1.807) is 0 Å². The summed E-state index contributed by atoms with van der Waals surface area (Å²) in [5.74, 6) is 2.44. The molecule has 0 amide bonds. The lowest BCUT2D eigenvalue weighted by Gasteiger charge is -2.26. The number of rotatable bonds is 6. The molecule has 5 rings (SSSR count). The fourth-order valence-electron chi connectivity index (χ4n) is 5.72. The molecule has 5 nitrogen and oxygen atoms in total. The maximum absolute atomic E-state index is 9.37. The number of aromatic amines is 1. The van der Waals surface area contributed by atoms with Gasteiger partial charge in [-0.3, -0.25) is 4.98 Å². The molecule has 1 fully saturated rings. The fraction of sp³-hybridized carbons (Fsp3) is 0.467. The molecular formula is C30H37N3O2. The van der Waals surface area contributed by atoms with Crippen LogP contribution in [0.25, 0.3) is 34.8 Å². The molecule has 2 heterocycles. The van der Waals surface area contributed by atoms with E-state index < -0.39 is 6.29 Å². The monoisotopic (exact) mass is 471 g/mol. The van der Waals surface area contributed by atoms with Gasteiger partial charge in [0.25, 0.3) is 0 Å². The van der Waals surface area contributed by atoms with Gasteiger partial charge in [0, 0.05) is 23.7 Å². The van der Waals surface area contributed by atoms with Crippen molar-refractivity contribution < 1.29 is 10.2 Å². The van der Waals surface area contributed by atoms with Crippen LogP contribution in [0.15, 0.2) is 42.6 Å². The number of aromatic nitrogens is 3. The summed E-state index contributed by atoms with van der Waals surface area (Å²) in [6.07, 6.45) is 14.9. The van der Waals surface area contributed by atoms with Crippen LogP contribution < -0.4 is 10.7 Å². The van der Waals surface area contributed by atoms with Crippen LogP contribution in [-0.2, 0) is 0 Å². The molecule has 1 saturated carbocycles. The van der Waals surface area contributed by atoms with Gasteiger partial charge >= 0.3 is 0 Å². The van der Waals surface area contributed by atoms with E-state index in [1.165, 1.54) is 24.8 Å². The number of fused-ring (bicyclic) bond motifs is 1. The van der Waals surface area contributed by atoms with Crippen LogP contribution in [0.1, 0.15) is 76.2 Å². The molecule has 35 heavy (non-hydrogen) atoms. The summed E-state index contributed by atoms with van der Waals surface area (Å²) < 4.78 is 0. The first kappa shape index (κ1) is 24.0. The summed E-state index contributed by atoms with van der Waals surface area (Å²) in [6, 6.07) is 13.1. The zero-order valence-corrected chi connectivity index (χ0v) is 20.7. The topological polar surface area (TPSA) is 82.0 Å². The van der Waals surface area contributed by atoms with Gasteiger partial charge in [-0.25, -0.2) is 4.98 Å².